The van der Waals surface area contributed by atoms with Crippen molar-refractivity contribution in [2.45, 2.75) is 25.7 Å². The van der Waals surface area contributed by atoms with Crippen molar-refractivity contribution in [1.29, 1.82) is 0 Å². The van der Waals surface area contributed by atoms with Gasteiger partial charge in [-0.25, -0.2) is 4.98 Å². The van der Waals surface area contributed by atoms with Crippen LogP contribution in [0.15, 0.2) is 12.4 Å². The van der Waals surface area contributed by atoms with Crippen LogP contribution in [0.4, 0.5) is 0 Å². The topological polar surface area (TPSA) is 58.3 Å². The largest absolute Gasteiger partial charge is 0.389 e. The van der Waals surface area contributed by atoms with Gasteiger partial charge in [0.2, 0.25) is 0 Å². The second-order valence-electron chi connectivity index (χ2n) is 2.74. The number of imidazole rings is 1. The van der Waals surface area contributed by atoms with Crippen LogP contribution < -0.4 is 0 Å². The molecule has 0 radical (unpaired) electrons. The number of aromatic nitrogens is 2. The highest BCUT2D eigenvalue weighted by molar-refractivity contribution is 6.18. The maximum Gasteiger partial charge on any atom is 0.140 e. The van der Waals surface area contributed by atoms with E-state index in [9.17, 15) is 10.2 Å². The standard InChI is InChI=1S/C8H13ClN2O2/c1-2-11-4-3-10-8(11)7(13)6(12)5-9/h3-4,6-7,12-13H,2,5H2,1H3. The highest BCUT2D eigenvalue weighted by Crippen LogP contribution is 2.15. The lowest BCUT2D eigenvalue weighted by molar-refractivity contribution is 0.0249. The van der Waals surface area contributed by atoms with Crippen LogP contribution in [0.1, 0.15) is 18.9 Å². The normalized spacial score (nSPS) is 15.7. The highest BCUT2D eigenvalue weighted by atomic mass is 35.5. The smallest absolute Gasteiger partial charge is 0.140 e. The van der Waals surface area contributed by atoms with Crippen molar-refractivity contribution in [2.75, 3.05) is 5.88 Å². The first-order chi connectivity index (χ1) is 6.20. The van der Waals surface area contributed by atoms with E-state index >= 15 is 0 Å². The predicted octanol–water partition coefficient (Wildman–Crippen LogP) is 0.536. The quantitative estimate of drug-likeness (QED) is 0.704. The summed E-state index contributed by atoms with van der Waals surface area (Å²) < 4.78 is 1.76. The zero-order valence-electron chi connectivity index (χ0n) is 7.39. The summed E-state index contributed by atoms with van der Waals surface area (Å²) in [6.45, 7) is 2.65. The molecule has 4 nitrogen and oxygen atoms in total. The summed E-state index contributed by atoms with van der Waals surface area (Å²) in [5.74, 6) is 0.452. The molecule has 13 heavy (non-hydrogen) atoms. The van der Waals surface area contributed by atoms with E-state index in [1.54, 1.807) is 17.0 Å². The molecule has 0 saturated heterocycles. The fourth-order valence-corrected chi connectivity index (χ4v) is 1.28. The van der Waals surface area contributed by atoms with Gasteiger partial charge < -0.3 is 14.8 Å². The van der Waals surface area contributed by atoms with Crippen molar-refractivity contribution in [3.8, 4) is 0 Å². The number of halogens is 1. The SMILES string of the molecule is CCn1ccnc1C(O)C(O)CCl. The van der Waals surface area contributed by atoms with Crippen LogP contribution in [0.3, 0.4) is 0 Å². The van der Waals surface area contributed by atoms with Crippen molar-refractivity contribution in [2.24, 2.45) is 0 Å². The molecule has 0 fully saturated rings. The van der Waals surface area contributed by atoms with Crippen molar-refractivity contribution < 1.29 is 10.2 Å². The fraction of sp³-hybridized carbons (Fsp3) is 0.625. The Bertz CT molecular complexity index is 264. The first-order valence-electron chi connectivity index (χ1n) is 4.13. The number of aryl methyl sites for hydroxylation is 1. The maximum atomic E-state index is 9.57. The molecule has 2 N–H and O–H groups in total. The van der Waals surface area contributed by atoms with Crippen LogP contribution in [0.2, 0.25) is 0 Å². The minimum atomic E-state index is -1.01. The van der Waals surface area contributed by atoms with E-state index in [2.05, 4.69) is 4.98 Å². The third kappa shape index (κ3) is 2.21. The van der Waals surface area contributed by atoms with Crippen LogP contribution >= 0.6 is 11.6 Å². The average Bonchev–Trinajstić information content (AvgIpc) is 2.62. The Hall–Kier alpha value is -0.580. The second kappa shape index (κ2) is 4.60. The number of aliphatic hydroxyl groups excluding tert-OH is 2. The van der Waals surface area contributed by atoms with Gasteiger partial charge in [0.1, 0.15) is 18.0 Å². The molecule has 2 atom stereocenters. The van der Waals surface area contributed by atoms with Crippen molar-refractivity contribution in [3.63, 3.8) is 0 Å². The van der Waals surface area contributed by atoms with E-state index in [1.807, 2.05) is 6.92 Å². The summed E-state index contributed by atoms with van der Waals surface area (Å²) in [5.41, 5.74) is 0. The van der Waals surface area contributed by atoms with E-state index in [4.69, 9.17) is 11.6 Å². The number of hydrogen-bond acceptors (Lipinski definition) is 3. The monoisotopic (exact) mass is 204 g/mol. The van der Waals surface area contributed by atoms with Gasteiger partial charge in [-0.05, 0) is 6.92 Å². The Labute approximate surface area is 81.8 Å². The van der Waals surface area contributed by atoms with E-state index in [-0.39, 0.29) is 5.88 Å². The number of hydrogen-bond donors (Lipinski definition) is 2. The number of aliphatic hydroxyl groups is 2. The molecule has 74 valence electrons. The van der Waals surface area contributed by atoms with Crippen LogP contribution in [-0.2, 0) is 6.54 Å². The van der Waals surface area contributed by atoms with Gasteiger partial charge in [-0.15, -0.1) is 11.6 Å². The molecule has 1 rings (SSSR count). The summed E-state index contributed by atoms with van der Waals surface area (Å²) in [6.07, 6.45) is 1.37. The molecule has 0 aromatic carbocycles. The number of alkyl halides is 1. The van der Waals surface area contributed by atoms with Gasteiger partial charge in [-0.1, -0.05) is 0 Å². The first-order valence-corrected chi connectivity index (χ1v) is 4.67. The molecule has 0 aliphatic carbocycles. The Balaban J connectivity index is 2.81. The number of nitrogens with zero attached hydrogens (tertiary/aromatic N) is 2. The van der Waals surface area contributed by atoms with E-state index in [0.717, 1.165) is 0 Å². The molecule has 1 aromatic heterocycles. The van der Waals surface area contributed by atoms with Crippen molar-refractivity contribution >= 4 is 11.6 Å². The Morgan fingerprint density at radius 2 is 2.31 bits per heavy atom. The van der Waals surface area contributed by atoms with Gasteiger partial charge in [-0.3, -0.25) is 0 Å². The van der Waals surface area contributed by atoms with Gasteiger partial charge >= 0.3 is 0 Å². The minimum Gasteiger partial charge on any atom is -0.389 e. The molecule has 0 aliphatic rings. The molecule has 0 bridgehead atoms. The van der Waals surface area contributed by atoms with Gasteiger partial charge in [0, 0.05) is 18.9 Å². The van der Waals surface area contributed by atoms with E-state index < -0.39 is 12.2 Å². The molecular formula is C8H13ClN2O2. The van der Waals surface area contributed by atoms with Crippen LogP contribution in [0.25, 0.3) is 0 Å². The molecular weight excluding hydrogens is 192 g/mol. The van der Waals surface area contributed by atoms with Crippen LogP contribution in [0.5, 0.6) is 0 Å². The van der Waals surface area contributed by atoms with E-state index in [1.165, 1.54) is 0 Å². The zero-order chi connectivity index (χ0) is 9.84. The van der Waals surface area contributed by atoms with Crippen molar-refractivity contribution in [1.82, 2.24) is 9.55 Å². The highest BCUT2D eigenvalue weighted by Gasteiger charge is 2.21. The molecule has 1 aromatic rings. The second-order valence-corrected chi connectivity index (χ2v) is 3.05. The molecule has 2 unspecified atom stereocenters. The molecule has 0 aliphatic heterocycles. The minimum absolute atomic E-state index is 0.00224. The summed E-state index contributed by atoms with van der Waals surface area (Å²) >= 11 is 5.41. The summed E-state index contributed by atoms with van der Waals surface area (Å²) in [4.78, 5) is 3.95. The van der Waals surface area contributed by atoms with Gasteiger partial charge in [0.05, 0.1) is 5.88 Å². The number of rotatable bonds is 4. The van der Waals surface area contributed by atoms with E-state index in [0.29, 0.717) is 12.4 Å². The Kier molecular flexibility index (Phi) is 3.71. The zero-order valence-corrected chi connectivity index (χ0v) is 8.15. The molecule has 0 saturated carbocycles. The predicted molar refractivity (Wildman–Crippen MR) is 49.6 cm³/mol. The van der Waals surface area contributed by atoms with Crippen LogP contribution in [0, 0.1) is 0 Å². The van der Waals surface area contributed by atoms with Gasteiger partial charge in [0.15, 0.2) is 0 Å². The molecule has 0 spiro atoms. The lowest BCUT2D eigenvalue weighted by Gasteiger charge is -2.15. The fourth-order valence-electron chi connectivity index (χ4n) is 1.11. The molecule has 1 heterocycles. The average molecular weight is 205 g/mol. The first kappa shape index (κ1) is 10.5. The molecule has 5 heteroatoms. The third-order valence-electron chi connectivity index (χ3n) is 1.88. The lowest BCUT2D eigenvalue weighted by atomic mass is 10.2. The summed E-state index contributed by atoms with van der Waals surface area (Å²) in [6, 6.07) is 0. The van der Waals surface area contributed by atoms with Gasteiger partial charge in [0.25, 0.3) is 0 Å². The Morgan fingerprint density at radius 1 is 1.62 bits per heavy atom. The van der Waals surface area contributed by atoms with Crippen molar-refractivity contribution in [3.05, 3.63) is 18.2 Å². The Morgan fingerprint density at radius 3 is 2.85 bits per heavy atom. The van der Waals surface area contributed by atoms with Crippen LogP contribution in [-0.4, -0.2) is 31.7 Å². The lowest BCUT2D eigenvalue weighted by Crippen LogP contribution is -2.23. The molecule has 0 amide bonds. The third-order valence-corrected chi connectivity index (χ3v) is 2.19. The maximum absolute atomic E-state index is 9.57. The summed E-state index contributed by atoms with van der Waals surface area (Å²) in [5, 5.41) is 18.9. The van der Waals surface area contributed by atoms with Gasteiger partial charge in [-0.2, -0.15) is 0 Å². The summed E-state index contributed by atoms with van der Waals surface area (Å²) in [7, 11) is 0.